The third-order valence-corrected chi connectivity index (χ3v) is 6.03. The van der Waals surface area contributed by atoms with Gasteiger partial charge in [-0.1, -0.05) is 38.0 Å². The smallest absolute Gasteiger partial charge is 0.312 e. The average Bonchev–Trinajstić information content (AvgIpc) is 2.63. The lowest BCUT2D eigenvalue weighted by Gasteiger charge is -2.23. The van der Waals surface area contributed by atoms with Crippen LogP contribution in [0.25, 0.3) is 0 Å². The van der Waals surface area contributed by atoms with Crippen molar-refractivity contribution in [3.63, 3.8) is 0 Å². The van der Waals surface area contributed by atoms with E-state index < -0.39 is 40.5 Å². The van der Waals surface area contributed by atoms with Crippen molar-refractivity contribution in [3.05, 3.63) is 29.8 Å². The van der Waals surface area contributed by atoms with Crippen LogP contribution in [-0.4, -0.2) is 50.2 Å². The Balaban J connectivity index is 2.68. The summed E-state index contributed by atoms with van der Waals surface area (Å²) in [6, 6.07) is 4.41. The van der Waals surface area contributed by atoms with Crippen LogP contribution in [0.15, 0.2) is 29.2 Å². The number of nitrogens with zero attached hydrogens (tertiary/aromatic N) is 1. The van der Waals surface area contributed by atoms with Crippen LogP contribution in [-0.2, 0) is 19.6 Å². The zero-order chi connectivity index (χ0) is 21.5. The highest BCUT2D eigenvalue weighted by Crippen LogP contribution is 2.14. The lowest BCUT2D eigenvalue weighted by molar-refractivity contribution is -0.130. The molecule has 2 atom stereocenters. The summed E-state index contributed by atoms with van der Waals surface area (Å²) in [5, 5.41) is 2.31. The molecule has 11 heteroatoms. The molecule has 1 aromatic rings. The predicted octanol–water partition coefficient (Wildman–Crippen LogP) is -0.154. The maximum atomic E-state index is 12.5. The maximum absolute atomic E-state index is 12.5. The molecule has 5 N–H and O–H groups in total. The Hall–Kier alpha value is -2.66. The Labute approximate surface area is 164 Å². The van der Waals surface area contributed by atoms with Gasteiger partial charge in [0.2, 0.25) is 10.0 Å². The molecule has 0 saturated carbocycles. The van der Waals surface area contributed by atoms with E-state index in [1.165, 1.54) is 19.2 Å². The molecule has 0 unspecified atom stereocenters. The number of hydrogen-bond acceptors (Lipinski definition) is 5. The Bertz CT molecular complexity index is 810. The van der Waals surface area contributed by atoms with E-state index in [9.17, 15) is 22.8 Å². The number of benzene rings is 1. The van der Waals surface area contributed by atoms with E-state index in [1.54, 1.807) is 19.1 Å². The number of likely N-dealkylation sites (N-methyl/N-ethyl adjacent to an activating group) is 1. The van der Waals surface area contributed by atoms with E-state index >= 15 is 0 Å². The highest BCUT2D eigenvalue weighted by atomic mass is 32.2. The number of urea groups is 1. The summed E-state index contributed by atoms with van der Waals surface area (Å²) in [4.78, 5) is 35.3. The molecule has 1 aromatic carbocycles. The molecule has 4 amide bonds. The van der Waals surface area contributed by atoms with E-state index in [2.05, 4.69) is 16.2 Å². The molecule has 0 bridgehead atoms. The van der Waals surface area contributed by atoms with Crippen molar-refractivity contribution in [2.45, 2.75) is 38.1 Å². The maximum Gasteiger partial charge on any atom is 0.312 e. The van der Waals surface area contributed by atoms with Crippen LogP contribution in [0, 0.1) is 12.8 Å². The fourth-order valence-corrected chi connectivity index (χ4v) is 3.41. The lowest BCUT2D eigenvalue weighted by Crippen LogP contribution is -2.56. The number of hydrazine groups is 1. The van der Waals surface area contributed by atoms with E-state index in [1.807, 2.05) is 13.8 Å². The van der Waals surface area contributed by atoms with Crippen molar-refractivity contribution < 1.29 is 22.8 Å². The van der Waals surface area contributed by atoms with Crippen LogP contribution in [0.5, 0.6) is 0 Å². The highest BCUT2D eigenvalue weighted by molar-refractivity contribution is 7.89. The quantitative estimate of drug-likeness (QED) is 0.437. The highest BCUT2D eigenvalue weighted by Gasteiger charge is 2.26. The van der Waals surface area contributed by atoms with Crippen molar-refractivity contribution in [2.24, 2.45) is 11.7 Å². The molecule has 0 aromatic heterocycles. The largest absolute Gasteiger partial charge is 0.352 e. The zero-order valence-electron chi connectivity index (χ0n) is 16.4. The van der Waals surface area contributed by atoms with Gasteiger partial charge in [-0.15, -0.1) is 0 Å². The van der Waals surface area contributed by atoms with E-state index in [4.69, 9.17) is 5.73 Å². The number of primary amides is 1. The van der Waals surface area contributed by atoms with Crippen molar-refractivity contribution in [1.82, 2.24) is 20.5 Å². The number of amides is 4. The number of aryl methyl sites for hydroxylation is 1. The standard InChI is InChI=1S/C17H27N5O5S/c1-5-12(3)15(19-17(18)25)16(24)21-20-14(23)10-22(4)28(26,27)13-8-6-11(2)7-9-13/h6-9,12,15H,5,10H2,1-4H3,(H,20,23)(H,21,24)(H3,18,19,25)/t12-,15+/m0/s1. The van der Waals surface area contributed by atoms with Crippen LogP contribution in [0.3, 0.4) is 0 Å². The minimum absolute atomic E-state index is 0.0555. The number of nitrogens with one attached hydrogen (secondary N) is 3. The average molecular weight is 414 g/mol. The Morgan fingerprint density at radius 2 is 1.71 bits per heavy atom. The second-order valence-corrected chi connectivity index (χ2v) is 8.53. The molecule has 0 aliphatic rings. The number of carbonyl (C=O) groups is 3. The second kappa shape index (κ2) is 10.0. The summed E-state index contributed by atoms with van der Waals surface area (Å²) in [5.41, 5.74) is 10.3. The second-order valence-electron chi connectivity index (χ2n) is 6.48. The third kappa shape index (κ3) is 6.50. The first-order valence-corrected chi connectivity index (χ1v) is 10.1. The Morgan fingerprint density at radius 1 is 1.14 bits per heavy atom. The lowest BCUT2D eigenvalue weighted by atomic mass is 9.99. The minimum Gasteiger partial charge on any atom is -0.352 e. The van der Waals surface area contributed by atoms with Gasteiger partial charge in [0.05, 0.1) is 11.4 Å². The molecule has 28 heavy (non-hydrogen) atoms. The van der Waals surface area contributed by atoms with Gasteiger partial charge in [0.1, 0.15) is 6.04 Å². The number of rotatable bonds is 8. The monoisotopic (exact) mass is 413 g/mol. The fraction of sp³-hybridized carbons (Fsp3) is 0.471. The molecule has 0 fully saturated rings. The molecule has 1 rings (SSSR count). The van der Waals surface area contributed by atoms with Gasteiger partial charge in [-0.2, -0.15) is 4.31 Å². The molecular formula is C17H27N5O5S. The van der Waals surface area contributed by atoms with Gasteiger partial charge < -0.3 is 11.1 Å². The van der Waals surface area contributed by atoms with Crippen LogP contribution in [0.4, 0.5) is 4.79 Å². The van der Waals surface area contributed by atoms with Gasteiger partial charge in [0.25, 0.3) is 11.8 Å². The summed E-state index contributed by atoms with van der Waals surface area (Å²) >= 11 is 0. The zero-order valence-corrected chi connectivity index (χ0v) is 17.2. The molecule has 10 nitrogen and oxygen atoms in total. The van der Waals surface area contributed by atoms with Gasteiger partial charge in [-0.25, -0.2) is 13.2 Å². The molecule has 0 radical (unpaired) electrons. The minimum atomic E-state index is -3.85. The SMILES string of the molecule is CC[C@H](C)[C@@H](NC(N)=O)C(=O)NNC(=O)CN(C)S(=O)(=O)c1ccc(C)cc1. The molecular weight excluding hydrogens is 386 g/mol. The number of nitrogens with two attached hydrogens (primary N) is 1. The van der Waals surface area contributed by atoms with Crippen molar-refractivity contribution >= 4 is 27.9 Å². The van der Waals surface area contributed by atoms with Crippen molar-refractivity contribution in [1.29, 1.82) is 0 Å². The fourth-order valence-electron chi connectivity index (χ4n) is 2.28. The first-order chi connectivity index (χ1) is 13.0. The van der Waals surface area contributed by atoms with Crippen molar-refractivity contribution in [2.75, 3.05) is 13.6 Å². The summed E-state index contributed by atoms with van der Waals surface area (Å²) < 4.78 is 25.8. The first kappa shape index (κ1) is 23.4. The van der Waals surface area contributed by atoms with E-state index in [0.29, 0.717) is 6.42 Å². The predicted molar refractivity (Wildman–Crippen MR) is 103 cm³/mol. The van der Waals surface area contributed by atoms with Crippen LogP contribution in [0.1, 0.15) is 25.8 Å². The topological polar surface area (TPSA) is 151 Å². The summed E-state index contributed by atoms with van der Waals surface area (Å²) in [6.07, 6.45) is 0.587. The molecule has 156 valence electrons. The van der Waals surface area contributed by atoms with Crippen LogP contribution in [0.2, 0.25) is 0 Å². The molecule has 0 aliphatic heterocycles. The third-order valence-electron chi connectivity index (χ3n) is 4.21. The van der Waals surface area contributed by atoms with Gasteiger partial charge in [-0.05, 0) is 25.0 Å². The van der Waals surface area contributed by atoms with E-state index in [-0.39, 0.29) is 10.8 Å². The summed E-state index contributed by atoms with van der Waals surface area (Å²) in [6.45, 7) is 4.89. The van der Waals surface area contributed by atoms with Crippen molar-refractivity contribution in [3.8, 4) is 0 Å². The van der Waals surface area contributed by atoms with Gasteiger partial charge in [0, 0.05) is 7.05 Å². The van der Waals surface area contributed by atoms with Crippen LogP contribution < -0.4 is 21.9 Å². The van der Waals surface area contributed by atoms with E-state index in [0.717, 1.165) is 9.87 Å². The Kier molecular flexibility index (Phi) is 8.38. The number of carbonyl (C=O) groups excluding carboxylic acids is 3. The van der Waals surface area contributed by atoms with Gasteiger partial charge in [0.15, 0.2) is 0 Å². The normalized spacial score (nSPS) is 13.5. The summed E-state index contributed by atoms with van der Waals surface area (Å²) in [5.74, 6) is -1.63. The Morgan fingerprint density at radius 3 is 2.21 bits per heavy atom. The van der Waals surface area contributed by atoms with Gasteiger partial charge >= 0.3 is 6.03 Å². The number of hydrogen-bond donors (Lipinski definition) is 4. The van der Waals surface area contributed by atoms with Gasteiger partial charge in [-0.3, -0.25) is 20.4 Å². The molecule has 0 heterocycles. The summed E-state index contributed by atoms with van der Waals surface area (Å²) in [7, 11) is -2.60. The number of sulfonamides is 1. The van der Waals surface area contributed by atoms with Crippen LogP contribution >= 0.6 is 0 Å². The molecule has 0 aliphatic carbocycles. The first-order valence-electron chi connectivity index (χ1n) is 8.66. The molecule has 0 spiro atoms. The molecule has 0 saturated heterocycles.